The first-order valence-electron chi connectivity index (χ1n) is 6.87. The largest absolute Gasteiger partial charge is 0.465 e. The van der Waals surface area contributed by atoms with Crippen molar-refractivity contribution < 1.29 is 9.53 Å². The van der Waals surface area contributed by atoms with Gasteiger partial charge in [-0.1, -0.05) is 17.7 Å². The normalized spacial score (nSPS) is 10.8. The first-order valence-corrected chi connectivity index (χ1v) is 8.07. The van der Waals surface area contributed by atoms with Gasteiger partial charge in [0.25, 0.3) is 0 Å². The Labute approximate surface area is 142 Å². The second-order valence-electron chi connectivity index (χ2n) is 4.99. The fourth-order valence-electron chi connectivity index (χ4n) is 2.32. The van der Waals surface area contributed by atoms with Crippen molar-refractivity contribution in [3.63, 3.8) is 0 Å². The molecule has 0 bridgehead atoms. The summed E-state index contributed by atoms with van der Waals surface area (Å²) in [5.41, 5.74) is 2.60. The molecule has 2 heterocycles. The van der Waals surface area contributed by atoms with E-state index in [2.05, 4.69) is 15.3 Å². The lowest BCUT2D eigenvalue weighted by molar-refractivity contribution is 0.0605. The summed E-state index contributed by atoms with van der Waals surface area (Å²) in [6.07, 6.45) is 1.47. The number of hydrogen-bond donors (Lipinski definition) is 1. The van der Waals surface area contributed by atoms with Crippen LogP contribution in [0.1, 0.15) is 20.8 Å². The van der Waals surface area contributed by atoms with E-state index in [4.69, 9.17) is 16.3 Å². The zero-order valence-corrected chi connectivity index (χ0v) is 14.4. The summed E-state index contributed by atoms with van der Waals surface area (Å²) in [5.74, 6) is 0.277. The Kier molecular flexibility index (Phi) is 4.19. The second-order valence-corrected chi connectivity index (χ2v) is 6.39. The molecule has 3 rings (SSSR count). The summed E-state index contributed by atoms with van der Waals surface area (Å²) in [7, 11) is 1.37. The Hall–Kier alpha value is -2.18. The van der Waals surface area contributed by atoms with Crippen molar-refractivity contribution in [2.75, 3.05) is 12.4 Å². The molecule has 118 valence electrons. The molecule has 0 radical (unpaired) electrons. The number of halogens is 1. The van der Waals surface area contributed by atoms with Gasteiger partial charge in [-0.2, -0.15) is 0 Å². The molecule has 2 aromatic heterocycles. The van der Waals surface area contributed by atoms with Crippen LogP contribution in [0, 0.1) is 13.8 Å². The van der Waals surface area contributed by atoms with Gasteiger partial charge in [0.15, 0.2) is 0 Å². The zero-order valence-electron chi connectivity index (χ0n) is 12.8. The standard InChI is InChI=1S/C16H14ClN3O2S/c1-8-10(17)5-4-6-11(8)20-14-12-9(2)13(16(21)22-3)23-15(12)19-7-18-14/h4-7H,1-3H3,(H,18,19,20). The zero-order chi connectivity index (χ0) is 16.6. The number of esters is 1. The fraction of sp³-hybridized carbons (Fsp3) is 0.188. The lowest BCUT2D eigenvalue weighted by atomic mass is 10.1. The summed E-state index contributed by atoms with van der Waals surface area (Å²) in [6, 6.07) is 5.64. The molecule has 0 amide bonds. The van der Waals surface area contributed by atoms with Crippen molar-refractivity contribution in [2.24, 2.45) is 0 Å². The molecule has 1 aromatic carbocycles. The molecule has 0 aliphatic heterocycles. The molecule has 5 nitrogen and oxygen atoms in total. The van der Waals surface area contributed by atoms with Gasteiger partial charge < -0.3 is 10.1 Å². The van der Waals surface area contributed by atoms with E-state index in [-0.39, 0.29) is 5.97 Å². The topological polar surface area (TPSA) is 64.1 Å². The van der Waals surface area contributed by atoms with Crippen LogP contribution in [0.2, 0.25) is 5.02 Å². The Morgan fingerprint density at radius 3 is 2.78 bits per heavy atom. The Balaban J connectivity index is 2.13. The third kappa shape index (κ3) is 2.75. The summed E-state index contributed by atoms with van der Waals surface area (Å²) in [5, 5.41) is 4.78. The first kappa shape index (κ1) is 15.7. The highest BCUT2D eigenvalue weighted by Crippen LogP contribution is 2.35. The highest BCUT2D eigenvalue weighted by Gasteiger charge is 2.20. The van der Waals surface area contributed by atoms with Gasteiger partial charge in [-0.15, -0.1) is 11.3 Å². The number of carbonyl (C=O) groups excluding carboxylic acids is 1. The molecule has 0 saturated carbocycles. The van der Waals surface area contributed by atoms with E-state index in [0.29, 0.717) is 15.7 Å². The molecule has 0 fully saturated rings. The van der Waals surface area contributed by atoms with Crippen LogP contribution in [0.15, 0.2) is 24.5 Å². The predicted octanol–water partition coefficient (Wildman–Crippen LogP) is 4.49. The number of nitrogens with zero attached hydrogens (tertiary/aromatic N) is 2. The van der Waals surface area contributed by atoms with Crippen LogP contribution in [0.3, 0.4) is 0 Å². The third-order valence-corrected chi connectivity index (χ3v) is 5.21. The lowest BCUT2D eigenvalue weighted by Gasteiger charge is -2.11. The number of methoxy groups -OCH3 is 1. The van der Waals surface area contributed by atoms with E-state index in [0.717, 1.165) is 27.0 Å². The van der Waals surface area contributed by atoms with E-state index in [9.17, 15) is 4.79 Å². The van der Waals surface area contributed by atoms with Crippen molar-refractivity contribution in [2.45, 2.75) is 13.8 Å². The van der Waals surface area contributed by atoms with Crippen molar-refractivity contribution >= 4 is 50.6 Å². The van der Waals surface area contributed by atoms with E-state index in [1.165, 1.54) is 24.8 Å². The number of ether oxygens (including phenoxy) is 1. The van der Waals surface area contributed by atoms with Gasteiger partial charge in [-0.05, 0) is 37.1 Å². The van der Waals surface area contributed by atoms with Crippen LogP contribution in [-0.2, 0) is 4.74 Å². The highest BCUT2D eigenvalue weighted by molar-refractivity contribution is 7.20. The summed E-state index contributed by atoms with van der Waals surface area (Å²) in [6.45, 7) is 3.80. The van der Waals surface area contributed by atoms with Crippen LogP contribution in [0.25, 0.3) is 10.2 Å². The number of carbonyl (C=O) groups is 1. The number of hydrogen-bond acceptors (Lipinski definition) is 6. The number of fused-ring (bicyclic) bond motifs is 1. The number of thiophene rings is 1. The summed E-state index contributed by atoms with van der Waals surface area (Å²) < 4.78 is 4.83. The van der Waals surface area contributed by atoms with Gasteiger partial charge in [0.1, 0.15) is 21.9 Å². The van der Waals surface area contributed by atoms with Crippen LogP contribution >= 0.6 is 22.9 Å². The molecule has 0 unspecified atom stereocenters. The van der Waals surface area contributed by atoms with Crippen molar-refractivity contribution in [3.05, 3.63) is 45.6 Å². The molecule has 3 aromatic rings. The minimum absolute atomic E-state index is 0.365. The van der Waals surface area contributed by atoms with Gasteiger partial charge >= 0.3 is 5.97 Å². The Bertz CT molecular complexity index is 908. The van der Waals surface area contributed by atoms with Crippen molar-refractivity contribution in [3.8, 4) is 0 Å². The van der Waals surface area contributed by atoms with Gasteiger partial charge in [0, 0.05) is 10.7 Å². The van der Waals surface area contributed by atoms with Crippen molar-refractivity contribution in [1.29, 1.82) is 0 Å². The van der Waals surface area contributed by atoms with E-state index < -0.39 is 0 Å². The summed E-state index contributed by atoms with van der Waals surface area (Å²) >= 11 is 7.46. The Morgan fingerprint density at radius 1 is 1.26 bits per heavy atom. The molecule has 0 saturated heterocycles. The smallest absolute Gasteiger partial charge is 0.348 e. The average molecular weight is 348 g/mol. The number of benzene rings is 1. The lowest BCUT2D eigenvalue weighted by Crippen LogP contribution is -2.00. The van der Waals surface area contributed by atoms with Gasteiger partial charge in [-0.3, -0.25) is 0 Å². The molecule has 1 N–H and O–H groups in total. The maximum atomic E-state index is 11.9. The van der Waals surface area contributed by atoms with Crippen LogP contribution < -0.4 is 5.32 Å². The van der Waals surface area contributed by atoms with Gasteiger partial charge in [0.2, 0.25) is 0 Å². The minimum atomic E-state index is -0.365. The molecule has 0 atom stereocenters. The number of rotatable bonds is 3. The van der Waals surface area contributed by atoms with Gasteiger partial charge in [-0.25, -0.2) is 14.8 Å². The second kappa shape index (κ2) is 6.14. The third-order valence-electron chi connectivity index (χ3n) is 3.62. The first-order chi connectivity index (χ1) is 11.0. The highest BCUT2D eigenvalue weighted by atomic mass is 35.5. The van der Waals surface area contributed by atoms with E-state index in [1.807, 2.05) is 32.0 Å². The SMILES string of the molecule is COC(=O)c1sc2ncnc(Nc3cccc(Cl)c3C)c2c1C. The average Bonchev–Trinajstić information content (AvgIpc) is 2.89. The molecule has 7 heteroatoms. The number of anilines is 2. The number of aromatic nitrogens is 2. The molecule has 0 aliphatic rings. The molecule has 23 heavy (non-hydrogen) atoms. The van der Waals surface area contributed by atoms with Crippen LogP contribution in [0.5, 0.6) is 0 Å². The quantitative estimate of drug-likeness (QED) is 0.707. The fourth-order valence-corrected chi connectivity index (χ4v) is 3.57. The maximum Gasteiger partial charge on any atom is 0.348 e. The monoisotopic (exact) mass is 347 g/mol. The maximum absolute atomic E-state index is 11.9. The Morgan fingerprint density at radius 2 is 2.04 bits per heavy atom. The summed E-state index contributed by atoms with van der Waals surface area (Å²) in [4.78, 5) is 21.7. The number of nitrogens with one attached hydrogen (secondary N) is 1. The molecular weight excluding hydrogens is 334 g/mol. The molecule has 0 spiro atoms. The van der Waals surface area contributed by atoms with E-state index in [1.54, 1.807) is 0 Å². The predicted molar refractivity (Wildman–Crippen MR) is 93.0 cm³/mol. The molecule has 0 aliphatic carbocycles. The van der Waals surface area contributed by atoms with Crippen molar-refractivity contribution in [1.82, 2.24) is 9.97 Å². The van der Waals surface area contributed by atoms with Crippen LogP contribution in [-0.4, -0.2) is 23.0 Å². The van der Waals surface area contributed by atoms with Gasteiger partial charge in [0.05, 0.1) is 12.5 Å². The van der Waals surface area contributed by atoms with E-state index >= 15 is 0 Å². The van der Waals surface area contributed by atoms with Crippen LogP contribution in [0.4, 0.5) is 11.5 Å². The molecular formula is C16H14ClN3O2S. The number of aryl methyl sites for hydroxylation is 1. The minimum Gasteiger partial charge on any atom is -0.465 e.